The van der Waals surface area contributed by atoms with Crippen LogP contribution in [0, 0.1) is 17.0 Å². The van der Waals surface area contributed by atoms with Crippen LogP contribution in [0.25, 0.3) is 11.8 Å². The van der Waals surface area contributed by atoms with Gasteiger partial charge in [0.2, 0.25) is 0 Å². The number of nitrogens with zero attached hydrogens (tertiary/aromatic N) is 3. The maximum Gasteiger partial charge on any atom is 0.271 e. The maximum absolute atomic E-state index is 13.2. The minimum absolute atomic E-state index is 0.00974. The lowest BCUT2D eigenvalue weighted by molar-refractivity contribution is -0.384. The Morgan fingerprint density at radius 1 is 1.06 bits per heavy atom. The molecule has 3 aromatic rings. The Labute approximate surface area is 182 Å². The van der Waals surface area contributed by atoms with E-state index in [9.17, 15) is 19.7 Å². The Hall–Kier alpha value is -4.11. The van der Waals surface area contributed by atoms with E-state index >= 15 is 0 Å². The van der Waals surface area contributed by atoms with Gasteiger partial charge in [-0.1, -0.05) is 24.3 Å². The lowest BCUT2D eigenvalue weighted by Crippen LogP contribution is -2.54. The van der Waals surface area contributed by atoms with Crippen LogP contribution in [0.4, 0.5) is 11.4 Å². The zero-order chi connectivity index (χ0) is 22.1. The van der Waals surface area contributed by atoms with Crippen LogP contribution in [0.3, 0.4) is 0 Å². The molecule has 0 unspecified atom stereocenters. The van der Waals surface area contributed by atoms with Gasteiger partial charge in [-0.2, -0.15) is 0 Å². The fourth-order valence-corrected chi connectivity index (χ4v) is 3.62. The number of nitro benzene ring substituents is 1. The summed E-state index contributed by atoms with van der Waals surface area (Å²) in [5.41, 5.74) is 2.29. The third-order valence-electron chi connectivity index (χ3n) is 4.85. The van der Waals surface area contributed by atoms with Crippen molar-refractivity contribution in [3.8, 4) is 5.69 Å². The average Bonchev–Trinajstić information content (AvgIpc) is 3.21. The number of para-hydroxylation sites is 1. The highest BCUT2D eigenvalue weighted by Gasteiger charge is 2.35. The summed E-state index contributed by atoms with van der Waals surface area (Å²) in [6.07, 6.45) is 3.14. The van der Waals surface area contributed by atoms with E-state index in [1.54, 1.807) is 47.2 Å². The minimum atomic E-state index is -0.605. The van der Waals surface area contributed by atoms with Crippen LogP contribution in [0.1, 0.15) is 11.3 Å². The number of nitro groups is 1. The van der Waals surface area contributed by atoms with Crippen LogP contribution in [0.2, 0.25) is 0 Å². The lowest BCUT2D eigenvalue weighted by atomic mass is 10.1. The normalized spacial score (nSPS) is 15.3. The Balaban J connectivity index is 1.77. The lowest BCUT2D eigenvalue weighted by Gasteiger charge is -2.30. The molecule has 1 fully saturated rings. The third-order valence-corrected chi connectivity index (χ3v) is 5.13. The highest BCUT2D eigenvalue weighted by molar-refractivity contribution is 7.80. The second-order valence-corrected chi connectivity index (χ2v) is 7.21. The fraction of sp³-hybridized carbons (Fsp3) is 0.0455. The molecule has 0 aliphatic carbocycles. The Morgan fingerprint density at radius 2 is 1.84 bits per heavy atom. The molecule has 9 heteroatoms. The number of aryl methyl sites for hydroxylation is 1. The summed E-state index contributed by atoms with van der Waals surface area (Å²) in [4.78, 5) is 37.7. The molecule has 0 bridgehead atoms. The predicted molar refractivity (Wildman–Crippen MR) is 120 cm³/mol. The molecular formula is C22H16N4O4S. The van der Waals surface area contributed by atoms with Gasteiger partial charge in [0, 0.05) is 24.0 Å². The van der Waals surface area contributed by atoms with Gasteiger partial charge < -0.3 is 4.57 Å². The number of rotatable bonds is 4. The molecule has 1 aliphatic heterocycles. The van der Waals surface area contributed by atoms with Crippen LogP contribution in [0.15, 0.2) is 72.4 Å². The summed E-state index contributed by atoms with van der Waals surface area (Å²) in [6.45, 7) is 1.85. The van der Waals surface area contributed by atoms with Gasteiger partial charge in [0.1, 0.15) is 5.57 Å². The number of hydrogen-bond donors (Lipinski definition) is 1. The first-order valence-electron chi connectivity index (χ1n) is 9.26. The number of aromatic nitrogens is 1. The summed E-state index contributed by atoms with van der Waals surface area (Å²) in [6, 6.07) is 16.7. The van der Waals surface area contributed by atoms with Crippen LogP contribution in [0.5, 0.6) is 0 Å². The number of amides is 2. The van der Waals surface area contributed by atoms with Gasteiger partial charge >= 0.3 is 0 Å². The number of hydrogen-bond acceptors (Lipinski definition) is 5. The third kappa shape index (κ3) is 3.74. The number of anilines is 1. The van der Waals surface area contributed by atoms with Gasteiger partial charge in [0.05, 0.1) is 16.3 Å². The first-order chi connectivity index (χ1) is 14.9. The molecule has 8 nitrogen and oxygen atoms in total. The van der Waals surface area contributed by atoms with Crippen LogP contribution < -0.4 is 10.2 Å². The van der Waals surface area contributed by atoms with Crippen molar-refractivity contribution in [2.45, 2.75) is 6.92 Å². The molecule has 2 aromatic carbocycles. The van der Waals surface area contributed by atoms with Crippen molar-refractivity contribution in [1.82, 2.24) is 9.88 Å². The number of carbonyl (C=O) groups is 2. The molecule has 0 radical (unpaired) electrons. The van der Waals surface area contributed by atoms with Gasteiger partial charge in [-0.05, 0) is 55.0 Å². The van der Waals surface area contributed by atoms with E-state index in [4.69, 9.17) is 12.2 Å². The Bertz CT molecular complexity index is 1280. The number of nitrogens with one attached hydrogen (secondary N) is 1. The minimum Gasteiger partial charge on any atom is -0.317 e. The quantitative estimate of drug-likeness (QED) is 0.224. The van der Waals surface area contributed by atoms with Crippen molar-refractivity contribution in [3.05, 3.63) is 93.8 Å². The zero-order valence-electron chi connectivity index (χ0n) is 16.3. The highest BCUT2D eigenvalue weighted by atomic mass is 32.1. The molecular weight excluding hydrogens is 416 g/mol. The SMILES string of the molecule is Cc1ccccc1N1C(=O)C(=Cc2cccn2-c2cccc([N+](=O)[O-])c2)C(=O)NC1=S. The molecule has 1 aromatic heterocycles. The first-order valence-corrected chi connectivity index (χ1v) is 9.67. The van der Waals surface area contributed by atoms with Crippen LogP contribution in [-0.4, -0.2) is 26.4 Å². The molecule has 2 amide bonds. The van der Waals surface area contributed by atoms with Crippen molar-refractivity contribution < 1.29 is 14.5 Å². The first kappa shape index (κ1) is 20.2. The zero-order valence-corrected chi connectivity index (χ0v) is 17.1. The molecule has 1 saturated heterocycles. The number of non-ortho nitro benzene ring substituents is 1. The summed E-state index contributed by atoms with van der Waals surface area (Å²) >= 11 is 5.24. The molecule has 1 aliphatic rings. The summed E-state index contributed by atoms with van der Waals surface area (Å²) in [7, 11) is 0. The standard InChI is InChI=1S/C22H16N4O4S/c1-14-6-2-3-10-19(14)25-21(28)18(20(27)23-22(25)31)13-16-9-5-11-24(16)15-7-4-8-17(12-15)26(29)30/h2-13H,1H3,(H,23,27,31). The van der Waals surface area contributed by atoms with Crippen LogP contribution in [-0.2, 0) is 9.59 Å². The topological polar surface area (TPSA) is 97.5 Å². The van der Waals surface area contributed by atoms with E-state index < -0.39 is 16.7 Å². The average molecular weight is 432 g/mol. The van der Waals surface area contributed by atoms with Crippen molar-refractivity contribution in [1.29, 1.82) is 0 Å². The fourth-order valence-electron chi connectivity index (χ4n) is 3.34. The van der Waals surface area contributed by atoms with Crippen molar-refractivity contribution in [2.24, 2.45) is 0 Å². The largest absolute Gasteiger partial charge is 0.317 e. The van der Waals surface area contributed by atoms with E-state index in [0.717, 1.165) is 5.56 Å². The molecule has 4 rings (SSSR count). The van der Waals surface area contributed by atoms with Crippen molar-refractivity contribution in [2.75, 3.05) is 4.90 Å². The monoisotopic (exact) mass is 432 g/mol. The van der Waals surface area contributed by atoms with Gasteiger partial charge in [-0.15, -0.1) is 0 Å². The Morgan fingerprint density at radius 3 is 2.58 bits per heavy atom. The van der Waals surface area contributed by atoms with Gasteiger partial charge in [0.25, 0.3) is 17.5 Å². The van der Waals surface area contributed by atoms with E-state index in [2.05, 4.69) is 5.32 Å². The Kier molecular flexibility index (Phi) is 5.18. The van der Waals surface area contributed by atoms with E-state index in [1.807, 2.05) is 19.1 Å². The summed E-state index contributed by atoms with van der Waals surface area (Å²) in [5.74, 6) is -1.15. The molecule has 0 spiro atoms. The highest BCUT2D eigenvalue weighted by Crippen LogP contribution is 2.26. The van der Waals surface area contributed by atoms with E-state index in [0.29, 0.717) is 17.1 Å². The molecule has 154 valence electrons. The number of thiocarbonyl (C=S) groups is 1. The van der Waals surface area contributed by atoms with Crippen LogP contribution >= 0.6 is 12.2 Å². The molecule has 1 N–H and O–H groups in total. The van der Waals surface area contributed by atoms with Crippen molar-refractivity contribution >= 4 is 46.6 Å². The second kappa shape index (κ2) is 7.96. The van der Waals surface area contributed by atoms with E-state index in [-0.39, 0.29) is 16.4 Å². The van der Waals surface area contributed by atoms with Crippen molar-refractivity contribution in [3.63, 3.8) is 0 Å². The van der Waals surface area contributed by atoms with Gasteiger partial charge in [-0.3, -0.25) is 29.9 Å². The smallest absolute Gasteiger partial charge is 0.271 e. The summed E-state index contributed by atoms with van der Waals surface area (Å²) < 4.78 is 1.66. The molecule has 0 atom stereocenters. The molecule has 0 saturated carbocycles. The predicted octanol–water partition coefficient (Wildman–Crippen LogP) is 3.53. The molecule has 2 heterocycles. The summed E-state index contributed by atoms with van der Waals surface area (Å²) in [5, 5.41) is 13.7. The molecule has 31 heavy (non-hydrogen) atoms. The second-order valence-electron chi connectivity index (χ2n) is 6.82. The van der Waals surface area contributed by atoms with E-state index in [1.165, 1.54) is 23.1 Å². The van der Waals surface area contributed by atoms with Gasteiger partial charge in [-0.25, -0.2) is 0 Å². The van der Waals surface area contributed by atoms with Gasteiger partial charge in [0.15, 0.2) is 5.11 Å². The maximum atomic E-state index is 13.2. The number of benzene rings is 2. The number of carbonyl (C=O) groups excluding carboxylic acids is 2.